The van der Waals surface area contributed by atoms with Crippen molar-refractivity contribution >= 4 is 33.0 Å². The highest BCUT2D eigenvalue weighted by molar-refractivity contribution is 7.94. The average molecular weight is 284 g/mol. The van der Waals surface area contributed by atoms with Crippen LogP contribution in [0.4, 0.5) is 5.69 Å². The van der Waals surface area contributed by atoms with Gasteiger partial charge in [-0.15, -0.1) is 11.3 Å². The van der Waals surface area contributed by atoms with Gasteiger partial charge in [-0.2, -0.15) is 0 Å². The molecule has 8 heteroatoms. The van der Waals surface area contributed by atoms with Crippen LogP contribution in [0, 0.1) is 0 Å². The van der Waals surface area contributed by atoms with Crippen LogP contribution in [-0.2, 0) is 10.0 Å². The number of nitrogens with zero attached hydrogens (tertiary/aromatic N) is 1. The predicted octanol–water partition coefficient (Wildman–Crippen LogP) is 1.64. The Balaban J connectivity index is 2.28. The molecule has 0 bridgehead atoms. The van der Waals surface area contributed by atoms with Gasteiger partial charge in [-0.05, 0) is 18.2 Å². The Bertz CT molecular complexity index is 664. The van der Waals surface area contributed by atoms with E-state index < -0.39 is 16.0 Å². The van der Waals surface area contributed by atoms with Crippen LogP contribution < -0.4 is 4.72 Å². The van der Waals surface area contributed by atoms with Crippen LogP contribution in [0.1, 0.15) is 10.4 Å². The highest BCUT2D eigenvalue weighted by Gasteiger charge is 2.18. The van der Waals surface area contributed by atoms with E-state index in [1.54, 1.807) is 0 Å². The molecule has 2 heterocycles. The number of hydrogen-bond donors (Lipinski definition) is 2. The molecule has 0 aromatic carbocycles. The fourth-order valence-electron chi connectivity index (χ4n) is 1.20. The number of pyridine rings is 1. The smallest absolute Gasteiger partial charge is 0.336 e. The van der Waals surface area contributed by atoms with Crippen molar-refractivity contribution in [2.24, 2.45) is 0 Å². The normalized spacial score (nSPS) is 11.1. The van der Waals surface area contributed by atoms with Gasteiger partial charge in [-0.1, -0.05) is 0 Å². The molecule has 0 amide bonds. The van der Waals surface area contributed by atoms with Gasteiger partial charge in [0.05, 0.1) is 11.3 Å². The Kier molecular flexibility index (Phi) is 3.30. The molecule has 2 aromatic heterocycles. The maximum Gasteiger partial charge on any atom is 0.336 e. The van der Waals surface area contributed by atoms with Crippen molar-refractivity contribution in [1.29, 1.82) is 0 Å². The van der Waals surface area contributed by atoms with Gasteiger partial charge < -0.3 is 5.11 Å². The molecule has 6 nitrogen and oxygen atoms in total. The van der Waals surface area contributed by atoms with E-state index in [2.05, 4.69) is 9.71 Å². The van der Waals surface area contributed by atoms with Crippen molar-refractivity contribution in [2.45, 2.75) is 4.21 Å². The maximum absolute atomic E-state index is 11.9. The largest absolute Gasteiger partial charge is 0.478 e. The first-order chi connectivity index (χ1) is 8.49. The highest BCUT2D eigenvalue weighted by Crippen LogP contribution is 2.22. The topological polar surface area (TPSA) is 96.4 Å². The molecule has 18 heavy (non-hydrogen) atoms. The molecular weight excluding hydrogens is 276 g/mol. The van der Waals surface area contributed by atoms with E-state index >= 15 is 0 Å². The van der Waals surface area contributed by atoms with Crippen molar-refractivity contribution in [3.05, 3.63) is 41.5 Å². The van der Waals surface area contributed by atoms with E-state index in [0.29, 0.717) is 5.69 Å². The minimum absolute atomic E-state index is 0.0447. The van der Waals surface area contributed by atoms with Crippen molar-refractivity contribution in [1.82, 2.24) is 4.98 Å². The Morgan fingerprint density at radius 3 is 2.56 bits per heavy atom. The van der Waals surface area contributed by atoms with Gasteiger partial charge in [0.1, 0.15) is 4.21 Å². The highest BCUT2D eigenvalue weighted by atomic mass is 32.2. The molecule has 2 aromatic rings. The molecule has 0 atom stereocenters. The zero-order valence-corrected chi connectivity index (χ0v) is 10.5. The second-order valence-electron chi connectivity index (χ2n) is 3.30. The van der Waals surface area contributed by atoms with Crippen LogP contribution in [0.3, 0.4) is 0 Å². The number of rotatable bonds is 4. The molecule has 0 saturated heterocycles. The molecular formula is C10H8N2O4S2. The molecule has 0 unspecified atom stereocenters. The number of carboxylic acids is 1. The van der Waals surface area contributed by atoms with E-state index in [1.807, 2.05) is 0 Å². The van der Waals surface area contributed by atoms with E-state index in [9.17, 15) is 13.2 Å². The number of hydrogen-bond acceptors (Lipinski definition) is 5. The summed E-state index contributed by atoms with van der Waals surface area (Å²) in [6, 6.07) is 4.13. The predicted molar refractivity (Wildman–Crippen MR) is 66.3 cm³/mol. The Hall–Kier alpha value is -1.93. The zero-order valence-electron chi connectivity index (χ0n) is 8.90. The number of aromatic carboxylic acids is 1. The van der Waals surface area contributed by atoms with Crippen molar-refractivity contribution < 1.29 is 18.3 Å². The Labute approximate surface area is 107 Å². The second-order valence-corrected chi connectivity index (χ2v) is 6.12. The molecule has 0 fully saturated rings. The molecule has 0 radical (unpaired) electrons. The quantitative estimate of drug-likeness (QED) is 0.889. The zero-order chi connectivity index (χ0) is 13.2. The number of anilines is 1. The maximum atomic E-state index is 11.9. The molecule has 2 rings (SSSR count). The van der Waals surface area contributed by atoms with Crippen molar-refractivity contribution in [3.63, 3.8) is 0 Å². The van der Waals surface area contributed by atoms with E-state index in [0.717, 1.165) is 17.4 Å². The number of carboxylic acid groups (broad SMARTS) is 1. The van der Waals surface area contributed by atoms with Crippen LogP contribution in [0.2, 0.25) is 0 Å². The Morgan fingerprint density at radius 2 is 2.00 bits per heavy atom. The third-order valence-corrected chi connectivity index (χ3v) is 4.84. The van der Waals surface area contributed by atoms with Gasteiger partial charge in [0.15, 0.2) is 0 Å². The van der Waals surface area contributed by atoms with Crippen LogP contribution in [-0.4, -0.2) is 24.5 Å². The lowest BCUT2D eigenvalue weighted by Crippen LogP contribution is -2.11. The number of carbonyl (C=O) groups is 1. The first-order valence-corrected chi connectivity index (χ1v) is 7.10. The molecule has 0 aliphatic carbocycles. The molecule has 0 aliphatic rings. The minimum atomic E-state index is -3.75. The lowest BCUT2D eigenvalue weighted by molar-refractivity contribution is 0.0697. The fraction of sp³-hybridized carbons (Fsp3) is 0. The van der Waals surface area contributed by atoms with Crippen LogP contribution in [0.15, 0.2) is 40.2 Å². The first kappa shape index (κ1) is 12.5. The van der Waals surface area contributed by atoms with Gasteiger partial charge in [-0.25, -0.2) is 13.2 Å². The summed E-state index contributed by atoms with van der Waals surface area (Å²) in [5.41, 5.74) is 0.324. The minimum Gasteiger partial charge on any atom is -0.478 e. The average Bonchev–Trinajstić information content (AvgIpc) is 2.79. The van der Waals surface area contributed by atoms with Crippen LogP contribution in [0.5, 0.6) is 0 Å². The number of nitrogens with one attached hydrogen (secondary N) is 1. The number of thiophene rings is 1. The molecule has 2 N–H and O–H groups in total. The summed E-state index contributed by atoms with van der Waals surface area (Å²) < 4.78 is 26.1. The van der Waals surface area contributed by atoms with E-state index in [4.69, 9.17) is 5.11 Å². The standard InChI is InChI=1S/C10H8N2O4S2/c13-10(14)7-5-9(17-6-7)18(15,16)12-8-1-3-11-4-2-8/h1-6H,(H,11,12)(H,13,14). The SMILES string of the molecule is O=C(O)c1csc(S(=O)(=O)Nc2ccncc2)c1. The Morgan fingerprint density at radius 1 is 1.33 bits per heavy atom. The van der Waals surface area contributed by atoms with E-state index in [-0.39, 0.29) is 9.77 Å². The van der Waals surface area contributed by atoms with Gasteiger partial charge in [0.25, 0.3) is 10.0 Å². The summed E-state index contributed by atoms with van der Waals surface area (Å²) in [5.74, 6) is -1.16. The molecule has 94 valence electrons. The molecule has 0 saturated carbocycles. The summed E-state index contributed by atoms with van der Waals surface area (Å²) in [6.07, 6.45) is 2.91. The number of aromatic nitrogens is 1. The van der Waals surface area contributed by atoms with Gasteiger partial charge >= 0.3 is 5.97 Å². The summed E-state index contributed by atoms with van der Waals surface area (Å²) >= 11 is 0.857. The first-order valence-electron chi connectivity index (χ1n) is 4.74. The van der Waals surface area contributed by atoms with Crippen molar-refractivity contribution in [3.8, 4) is 0 Å². The van der Waals surface area contributed by atoms with E-state index in [1.165, 1.54) is 29.9 Å². The monoisotopic (exact) mass is 284 g/mol. The summed E-state index contributed by atoms with van der Waals surface area (Å²) in [6.45, 7) is 0. The van der Waals surface area contributed by atoms with Crippen LogP contribution >= 0.6 is 11.3 Å². The second kappa shape index (κ2) is 4.75. The summed E-state index contributed by atoms with van der Waals surface area (Å²) in [5, 5.41) is 10.0. The van der Waals surface area contributed by atoms with Gasteiger partial charge in [-0.3, -0.25) is 9.71 Å². The van der Waals surface area contributed by atoms with Gasteiger partial charge in [0, 0.05) is 17.8 Å². The summed E-state index contributed by atoms with van der Waals surface area (Å²) in [4.78, 5) is 14.4. The fourth-order valence-corrected chi connectivity index (χ4v) is 3.41. The van der Waals surface area contributed by atoms with Crippen molar-refractivity contribution in [2.75, 3.05) is 4.72 Å². The van der Waals surface area contributed by atoms with Gasteiger partial charge in [0.2, 0.25) is 0 Å². The molecule has 0 spiro atoms. The third-order valence-electron chi connectivity index (χ3n) is 2.02. The molecule has 0 aliphatic heterocycles. The third kappa shape index (κ3) is 2.66. The lowest BCUT2D eigenvalue weighted by Gasteiger charge is -2.04. The van der Waals surface area contributed by atoms with Crippen LogP contribution in [0.25, 0.3) is 0 Å². The number of sulfonamides is 1. The lowest BCUT2D eigenvalue weighted by atomic mass is 10.4. The summed E-state index contributed by atoms with van der Waals surface area (Å²) in [7, 11) is -3.75.